The molecule has 10 heteroatoms. The molecule has 0 aliphatic carbocycles. The first-order valence-corrected chi connectivity index (χ1v) is 21.2. The average Bonchev–Trinajstić information content (AvgIpc) is 3.09. The lowest BCUT2D eigenvalue weighted by atomic mass is 10.1. The standard InChI is InChI=1S/C41H71O9P/c1-3-5-7-9-11-12-13-14-15-16-17-18-22-26-30-34-40(43)48-36-39(37-49-51(45,46)47)50-41(44)35-31-27-23-20-19-21-25-29-33-38(42)32-28-24-10-8-6-4-2/h14-15,20-21,23-25,28-29,33,38-39,42H,3-13,16-19,22,26-27,30-32,34-37H2,1-2H3,(H2,45,46,47)/b15-14-,23-20-,25-21-,28-24-,33-29+/t38-,39+/m0/s1. The summed E-state index contributed by atoms with van der Waals surface area (Å²) < 4.78 is 26.2. The van der Waals surface area contributed by atoms with E-state index in [1.807, 2.05) is 36.5 Å². The number of ether oxygens (including phenoxy) is 2. The molecule has 0 bridgehead atoms. The van der Waals surface area contributed by atoms with E-state index < -0.39 is 38.6 Å². The minimum Gasteiger partial charge on any atom is -0.462 e. The van der Waals surface area contributed by atoms with Gasteiger partial charge in [0, 0.05) is 12.8 Å². The number of hydrogen-bond acceptors (Lipinski definition) is 7. The van der Waals surface area contributed by atoms with Crippen LogP contribution in [0.1, 0.15) is 162 Å². The van der Waals surface area contributed by atoms with Gasteiger partial charge in [-0.15, -0.1) is 0 Å². The number of rotatable bonds is 35. The van der Waals surface area contributed by atoms with Crippen molar-refractivity contribution in [2.45, 2.75) is 174 Å². The highest BCUT2D eigenvalue weighted by atomic mass is 31.2. The summed E-state index contributed by atoms with van der Waals surface area (Å²) in [7, 11) is -4.79. The quantitative estimate of drug-likeness (QED) is 0.0190. The Labute approximate surface area is 309 Å². The van der Waals surface area contributed by atoms with E-state index in [9.17, 15) is 19.3 Å². The van der Waals surface area contributed by atoms with Crippen LogP contribution in [0.25, 0.3) is 0 Å². The largest absolute Gasteiger partial charge is 0.469 e. The molecule has 0 fully saturated rings. The Bertz CT molecular complexity index is 1030. The molecule has 0 rings (SSSR count). The van der Waals surface area contributed by atoms with Gasteiger partial charge in [0.15, 0.2) is 6.10 Å². The molecule has 0 aromatic heterocycles. The topological polar surface area (TPSA) is 140 Å². The van der Waals surface area contributed by atoms with Gasteiger partial charge in [0.25, 0.3) is 0 Å². The summed E-state index contributed by atoms with van der Waals surface area (Å²) in [4.78, 5) is 42.7. The van der Waals surface area contributed by atoms with E-state index in [-0.39, 0.29) is 19.4 Å². The number of carbonyl (C=O) groups is 2. The van der Waals surface area contributed by atoms with Gasteiger partial charge in [-0.3, -0.25) is 14.1 Å². The molecule has 0 unspecified atom stereocenters. The summed E-state index contributed by atoms with van der Waals surface area (Å²) >= 11 is 0. The summed E-state index contributed by atoms with van der Waals surface area (Å²) in [6.07, 6.45) is 41.1. The molecule has 0 aromatic carbocycles. The molecule has 0 aromatic rings. The van der Waals surface area contributed by atoms with Crippen molar-refractivity contribution in [3.8, 4) is 0 Å². The van der Waals surface area contributed by atoms with Crippen molar-refractivity contribution in [2.24, 2.45) is 0 Å². The number of phosphoric ester groups is 1. The molecule has 0 amide bonds. The van der Waals surface area contributed by atoms with Crippen molar-refractivity contribution in [3.05, 3.63) is 60.8 Å². The Morgan fingerprint density at radius 2 is 1.14 bits per heavy atom. The molecule has 0 aliphatic heterocycles. The van der Waals surface area contributed by atoms with Crippen LogP contribution in [0, 0.1) is 0 Å². The predicted molar refractivity (Wildman–Crippen MR) is 208 cm³/mol. The molecule has 0 aliphatic rings. The molecular weight excluding hydrogens is 667 g/mol. The lowest BCUT2D eigenvalue weighted by Gasteiger charge is -2.18. The number of esters is 2. The van der Waals surface area contributed by atoms with Gasteiger partial charge in [-0.2, -0.15) is 0 Å². The van der Waals surface area contributed by atoms with Crippen LogP contribution in [-0.2, 0) is 28.2 Å². The summed E-state index contributed by atoms with van der Waals surface area (Å²) in [5, 5.41) is 9.99. The van der Waals surface area contributed by atoms with Crippen LogP contribution < -0.4 is 0 Å². The minimum absolute atomic E-state index is 0.100. The Balaban J connectivity index is 4.15. The fourth-order valence-corrected chi connectivity index (χ4v) is 5.45. The monoisotopic (exact) mass is 738 g/mol. The van der Waals surface area contributed by atoms with Crippen LogP contribution in [0.2, 0.25) is 0 Å². The highest BCUT2D eigenvalue weighted by Gasteiger charge is 2.22. The summed E-state index contributed by atoms with van der Waals surface area (Å²) in [6.45, 7) is 3.51. The first-order chi connectivity index (χ1) is 24.7. The van der Waals surface area contributed by atoms with Gasteiger partial charge in [-0.25, -0.2) is 4.57 Å². The van der Waals surface area contributed by atoms with E-state index in [0.717, 1.165) is 38.5 Å². The number of hydrogen-bond donors (Lipinski definition) is 3. The van der Waals surface area contributed by atoms with Gasteiger partial charge in [0.2, 0.25) is 0 Å². The third-order valence-corrected chi connectivity index (χ3v) is 8.57. The Hall–Kier alpha value is -2.29. The van der Waals surface area contributed by atoms with Crippen LogP contribution in [0.3, 0.4) is 0 Å². The first kappa shape index (κ1) is 48.7. The maximum atomic E-state index is 12.4. The van der Waals surface area contributed by atoms with Crippen LogP contribution in [0.4, 0.5) is 0 Å². The molecule has 0 saturated heterocycles. The lowest BCUT2D eigenvalue weighted by molar-refractivity contribution is -0.161. The third kappa shape index (κ3) is 38.8. The molecule has 9 nitrogen and oxygen atoms in total. The van der Waals surface area contributed by atoms with Crippen molar-refractivity contribution in [1.82, 2.24) is 0 Å². The number of allylic oxidation sites excluding steroid dienone is 8. The second-order valence-electron chi connectivity index (χ2n) is 13.1. The molecule has 3 N–H and O–H groups in total. The van der Waals surface area contributed by atoms with Gasteiger partial charge in [0.05, 0.1) is 12.7 Å². The smallest absolute Gasteiger partial charge is 0.462 e. The zero-order chi connectivity index (χ0) is 37.7. The number of unbranched alkanes of at least 4 members (excludes halogenated alkanes) is 15. The SMILES string of the molecule is CCCCC/C=C\C[C@H](O)/C=C/C=C\C/C=C\CCCC(=O)O[C@H](COC(=O)CCCCCCC/C=C\CCCCCCCC)COP(=O)(O)O. The van der Waals surface area contributed by atoms with Gasteiger partial charge in [0.1, 0.15) is 6.61 Å². The molecule has 0 spiro atoms. The maximum absolute atomic E-state index is 12.4. The van der Waals surface area contributed by atoms with Crippen molar-refractivity contribution >= 4 is 19.8 Å². The van der Waals surface area contributed by atoms with Gasteiger partial charge in [-0.05, 0) is 70.6 Å². The second kappa shape index (κ2) is 36.1. The fourth-order valence-electron chi connectivity index (χ4n) is 5.09. The average molecular weight is 739 g/mol. The Morgan fingerprint density at radius 1 is 0.608 bits per heavy atom. The third-order valence-electron chi connectivity index (χ3n) is 8.09. The second-order valence-corrected chi connectivity index (χ2v) is 14.3. The van der Waals surface area contributed by atoms with E-state index in [1.165, 1.54) is 64.2 Å². The zero-order valence-corrected chi connectivity index (χ0v) is 32.7. The highest BCUT2D eigenvalue weighted by molar-refractivity contribution is 7.46. The van der Waals surface area contributed by atoms with Crippen molar-refractivity contribution in [2.75, 3.05) is 13.2 Å². The van der Waals surface area contributed by atoms with E-state index in [4.69, 9.17) is 19.3 Å². The fraction of sp³-hybridized carbons (Fsp3) is 0.707. The molecule has 0 radical (unpaired) electrons. The van der Waals surface area contributed by atoms with E-state index in [2.05, 4.69) is 36.6 Å². The lowest BCUT2D eigenvalue weighted by Crippen LogP contribution is -2.29. The number of phosphoric acid groups is 1. The van der Waals surface area contributed by atoms with Gasteiger partial charge < -0.3 is 24.4 Å². The van der Waals surface area contributed by atoms with Crippen molar-refractivity contribution in [3.63, 3.8) is 0 Å². The van der Waals surface area contributed by atoms with Crippen LogP contribution in [0.5, 0.6) is 0 Å². The molecule has 294 valence electrons. The van der Waals surface area contributed by atoms with Crippen LogP contribution >= 0.6 is 7.82 Å². The summed E-state index contributed by atoms with van der Waals surface area (Å²) in [6, 6.07) is 0. The Morgan fingerprint density at radius 3 is 1.80 bits per heavy atom. The highest BCUT2D eigenvalue weighted by Crippen LogP contribution is 2.36. The van der Waals surface area contributed by atoms with Crippen LogP contribution in [0.15, 0.2) is 60.8 Å². The normalized spacial score (nSPS) is 13.7. The van der Waals surface area contributed by atoms with Crippen molar-refractivity contribution in [1.29, 1.82) is 0 Å². The van der Waals surface area contributed by atoms with Crippen molar-refractivity contribution < 1.29 is 43.0 Å². The van der Waals surface area contributed by atoms with E-state index in [0.29, 0.717) is 32.1 Å². The molecule has 2 atom stereocenters. The molecule has 51 heavy (non-hydrogen) atoms. The van der Waals surface area contributed by atoms with E-state index >= 15 is 0 Å². The van der Waals surface area contributed by atoms with Gasteiger partial charge in [-0.1, -0.05) is 139 Å². The summed E-state index contributed by atoms with van der Waals surface area (Å²) in [5.41, 5.74) is 0. The summed E-state index contributed by atoms with van der Waals surface area (Å²) in [5.74, 6) is -1.00. The minimum atomic E-state index is -4.79. The number of aliphatic hydroxyl groups is 1. The molecule has 0 heterocycles. The van der Waals surface area contributed by atoms with Crippen LogP contribution in [-0.4, -0.2) is 52.3 Å². The molecular formula is C41H71O9P. The maximum Gasteiger partial charge on any atom is 0.469 e. The number of aliphatic hydroxyl groups excluding tert-OH is 1. The first-order valence-electron chi connectivity index (χ1n) is 19.7. The zero-order valence-electron chi connectivity index (χ0n) is 31.8. The number of carbonyl (C=O) groups excluding carboxylic acids is 2. The van der Waals surface area contributed by atoms with E-state index in [1.54, 1.807) is 6.08 Å². The predicted octanol–water partition coefficient (Wildman–Crippen LogP) is 10.7. The molecule has 0 saturated carbocycles. The Kier molecular flexibility index (Phi) is 34.5. The van der Waals surface area contributed by atoms with Gasteiger partial charge >= 0.3 is 19.8 Å².